The van der Waals surface area contributed by atoms with Crippen molar-refractivity contribution in [2.75, 3.05) is 0 Å². The maximum Gasteiger partial charge on any atom is 0.145 e. The summed E-state index contributed by atoms with van der Waals surface area (Å²) in [6.45, 7) is 0. The van der Waals surface area contributed by atoms with E-state index in [9.17, 15) is 0 Å². The number of halogens is 2. The number of benzene rings is 1. The Morgan fingerprint density at radius 1 is 1.06 bits per heavy atom. The Hall–Kier alpha value is -1.76. The van der Waals surface area contributed by atoms with Gasteiger partial charge in [0.1, 0.15) is 23.3 Å². The Bertz CT molecular complexity index is 576. The Morgan fingerprint density at radius 2 is 1.82 bits per heavy atom. The van der Waals surface area contributed by atoms with Crippen molar-refractivity contribution in [1.29, 1.82) is 5.26 Å². The van der Waals surface area contributed by atoms with E-state index >= 15 is 0 Å². The fourth-order valence-corrected chi connectivity index (χ4v) is 1.47. The maximum atomic E-state index is 8.60. The van der Waals surface area contributed by atoms with Crippen LogP contribution in [-0.2, 0) is 0 Å². The Labute approximate surface area is 108 Å². The van der Waals surface area contributed by atoms with Crippen molar-refractivity contribution in [2.45, 2.75) is 0 Å². The molecule has 0 saturated carbocycles. The molecule has 17 heavy (non-hydrogen) atoms. The van der Waals surface area contributed by atoms with E-state index in [0.29, 0.717) is 27.2 Å². The number of hydrogen-bond donors (Lipinski definition) is 0. The molecule has 1 aromatic carbocycles. The van der Waals surface area contributed by atoms with Gasteiger partial charge < -0.3 is 4.74 Å². The van der Waals surface area contributed by atoms with Gasteiger partial charge in [0, 0.05) is 6.07 Å². The van der Waals surface area contributed by atoms with Gasteiger partial charge >= 0.3 is 0 Å². The molecule has 0 atom stereocenters. The van der Waals surface area contributed by atoms with Crippen LogP contribution in [0.15, 0.2) is 36.5 Å². The van der Waals surface area contributed by atoms with Crippen molar-refractivity contribution in [3.8, 4) is 17.6 Å². The van der Waals surface area contributed by atoms with Gasteiger partial charge in [-0.25, -0.2) is 4.98 Å². The second kappa shape index (κ2) is 5.05. The second-order valence-electron chi connectivity index (χ2n) is 3.17. The molecule has 0 aliphatic heterocycles. The minimum Gasteiger partial charge on any atom is -0.456 e. The highest BCUT2D eigenvalue weighted by Gasteiger charge is 2.02. The lowest BCUT2D eigenvalue weighted by Gasteiger charge is -2.05. The molecule has 2 aromatic rings. The maximum absolute atomic E-state index is 8.60. The van der Waals surface area contributed by atoms with Crippen LogP contribution in [-0.4, -0.2) is 4.98 Å². The molecule has 0 radical (unpaired) electrons. The standard InChI is InChI=1S/C12H6Cl2N2O/c13-11-4-3-9(5-12(11)14)17-10-2-1-8(6-15)16-7-10/h1-5,7H. The van der Waals surface area contributed by atoms with Crippen LogP contribution in [0.5, 0.6) is 11.5 Å². The smallest absolute Gasteiger partial charge is 0.145 e. The molecule has 0 saturated heterocycles. The van der Waals surface area contributed by atoms with E-state index < -0.39 is 0 Å². The average Bonchev–Trinajstić information content (AvgIpc) is 2.35. The lowest BCUT2D eigenvalue weighted by atomic mass is 10.3. The predicted molar refractivity (Wildman–Crippen MR) is 65.5 cm³/mol. The molecule has 1 heterocycles. The zero-order valence-electron chi connectivity index (χ0n) is 8.52. The topological polar surface area (TPSA) is 45.9 Å². The average molecular weight is 265 g/mol. The molecule has 3 nitrogen and oxygen atoms in total. The number of nitrogens with zero attached hydrogens (tertiary/aromatic N) is 2. The van der Waals surface area contributed by atoms with Crippen LogP contribution >= 0.6 is 23.2 Å². The normalized spacial score (nSPS) is 9.71. The molecule has 0 fully saturated rings. The van der Waals surface area contributed by atoms with E-state index in [2.05, 4.69) is 4.98 Å². The van der Waals surface area contributed by atoms with Gasteiger partial charge in [0.05, 0.1) is 16.2 Å². The predicted octanol–water partition coefficient (Wildman–Crippen LogP) is 4.05. The molecule has 5 heteroatoms. The third kappa shape index (κ3) is 2.88. The molecule has 0 unspecified atom stereocenters. The van der Waals surface area contributed by atoms with Crippen molar-refractivity contribution >= 4 is 23.2 Å². The van der Waals surface area contributed by atoms with Gasteiger partial charge in [-0.15, -0.1) is 0 Å². The summed E-state index contributed by atoms with van der Waals surface area (Å²) in [7, 11) is 0. The van der Waals surface area contributed by atoms with Crippen molar-refractivity contribution in [3.63, 3.8) is 0 Å². The number of rotatable bonds is 2. The minimum absolute atomic E-state index is 0.339. The second-order valence-corrected chi connectivity index (χ2v) is 3.98. The van der Waals surface area contributed by atoms with Crippen LogP contribution in [0.4, 0.5) is 0 Å². The highest BCUT2D eigenvalue weighted by molar-refractivity contribution is 6.42. The quantitative estimate of drug-likeness (QED) is 0.822. The lowest BCUT2D eigenvalue weighted by Crippen LogP contribution is -1.87. The number of pyridine rings is 1. The Kier molecular flexibility index (Phi) is 3.48. The van der Waals surface area contributed by atoms with Crippen molar-refractivity contribution in [1.82, 2.24) is 4.98 Å². The van der Waals surface area contributed by atoms with Crippen LogP contribution in [0.2, 0.25) is 10.0 Å². The molecule has 0 bridgehead atoms. The van der Waals surface area contributed by atoms with Gasteiger partial charge in [0.2, 0.25) is 0 Å². The Balaban J connectivity index is 2.20. The zero-order valence-corrected chi connectivity index (χ0v) is 10.0. The zero-order chi connectivity index (χ0) is 12.3. The molecule has 1 aromatic heterocycles. The minimum atomic E-state index is 0.339. The third-order valence-electron chi connectivity index (χ3n) is 1.98. The third-order valence-corrected chi connectivity index (χ3v) is 2.72. The fraction of sp³-hybridized carbons (Fsp3) is 0. The van der Waals surface area contributed by atoms with E-state index in [0.717, 1.165) is 0 Å². The fourth-order valence-electron chi connectivity index (χ4n) is 1.18. The SMILES string of the molecule is N#Cc1ccc(Oc2ccc(Cl)c(Cl)c2)cn1. The van der Waals surface area contributed by atoms with Gasteiger partial charge in [0.15, 0.2) is 0 Å². The van der Waals surface area contributed by atoms with E-state index in [4.69, 9.17) is 33.2 Å². The van der Waals surface area contributed by atoms with Gasteiger partial charge in [-0.2, -0.15) is 5.26 Å². The first-order valence-electron chi connectivity index (χ1n) is 4.68. The first-order chi connectivity index (χ1) is 8.19. The summed E-state index contributed by atoms with van der Waals surface area (Å²) in [6, 6.07) is 10.1. The molecular weight excluding hydrogens is 259 g/mol. The number of aromatic nitrogens is 1. The van der Waals surface area contributed by atoms with E-state index in [1.54, 1.807) is 30.3 Å². The molecule has 0 aliphatic rings. The van der Waals surface area contributed by atoms with Crippen LogP contribution < -0.4 is 4.74 Å². The van der Waals surface area contributed by atoms with Crippen molar-refractivity contribution in [3.05, 3.63) is 52.3 Å². The molecule has 0 aliphatic carbocycles. The number of hydrogen-bond acceptors (Lipinski definition) is 3. The van der Waals surface area contributed by atoms with E-state index in [-0.39, 0.29) is 0 Å². The van der Waals surface area contributed by atoms with Crippen LogP contribution in [0.3, 0.4) is 0 Å². The van der Waals surface area contributed by atoms with Crippen molar-refractivity contribution in [2.24, 2.45) is 0 Å². The summed E-state index contributed by atoms with van der Waals surface area (Å²) in [5.74, 6) is 1.09. The first kappa shape index (κ1) is 11.7. The Morgan fingerprint density at radius 3 is 2.41 bits per heavy atom. The largest absolute Gasteiger partial charge is 0.456 e. The van der Waals surface area contributed by atoms with E-state index in [1.165, 1.54) is 6.20 Å². The summed E-state index contributed by atoms with van der Waals surface area (Å²) >= 11 is 11.6. The molecule has 0 amide bonds. The van der Waals surface area contributed by atoms with Crippen LogP contribution in [0, 0.1) is 11.3 Å². The van der Waals surface area contributed by atoms with Crippen molar-refractivity contribution < 1.29 is 4.74 Å². The summed E-state index contributed by atoms with van der Waals surface area (Å²) < 4.78 is 5.50. The van der Waals surface area contributed by atoms with Gasteiger partial charge in [-0.3, -0.25) is 0 Å². The summed E-state index contributed by atoms with van der Waals surface area (Å²) in [5.41, 5.74) is 0.339. The first-order valence-corrected chi connectivity index (χ1v) is 5.43. The van der Waals surface area contributed by atoms with Crippen LogP contribution in [0.25, 0.3) is 0 Å². The lowest BCUT2D eigenvalue weighted by molar-refractivity contribution is 0.480. The molecule has 84 valence electrons. The highest BCUT2D eigenvalue weighted by atomic mass is 35.5. The summed E-state index contributed by atoms with van der Waals surface area (Å²) in [5, 5.41) is 9.49. The van der Waals surface area contributed by atoms with E-state index in [1.807, 2.05) is 6.07 Å². The number of ether oxygens (including phenoxy) is 1. The molecule has 0 N–H and O–H groups in total. The van der Waals surface area contributed by atoms with Gasteiger partial charge in [-0.05, 0) is 24.3 Å². The van der Waals surface area contributed by atoms with Gasteiger partial charge in [0.25, 0.3) is 0 Å². The summed E-state index contributed by atoms with van der Waals surface area (Å²) in [6.07, 6.45) is 1.47. The molecule has 2 rings (SSSR count). The molecular formula is C12H6Cl2N2O. The highest BCUT2D eigenvalue weighted by Crippen LogP contribution is 2.29. The number of nitriles is 1. The van der Waals surface area contributed by atoms with Crippen LogP contribution in [0.1, 0.15) is 5.69 Å². The monoisotopic (exact) mass is 264 g/mol. The molecule has 0 spiro atoms. The van der Waals surface area contributed by atoms with Gasteiger partial charge in [-0.1, -0.05) is 23.2 Å². The summed E-state index contributed by atoms with van der Waals surface area (Å²) in [4.78, 5) is 3.89.